The molecule has 0 heterocycles. The van der Waals surface area contributed by atoms with E-state index in [1.54, 1.807) is 0 Å². The van der Waals surface area contributed by atoms with Crippen LogP contribution in [0.3, 0.4) is 0 Å². The Labute approximate surface area is 290 Å². The molecule has 0 aromatic carbocycles. The minimum absolute atomic E-state index is 0.155. The topological polar surface area (TPSA) is 36.9 Å². The van der Waals surface area contributed by atoms with E-state index in [1.165, 1.54) is 89.9 Å². The van der Waals surface area contributed by atoms with Crippen molar-refractivity contribution >= 4 is 18.1 Å². The third-order valence-electron chi connectivity index (χ3n) is 13.1. The van der Waals surface area contributed by atoms with Gasteiger partial charge in [-0.15, -0.1) is 0 Å². The summed E-state index contributed by atoms with van der Waals surface area (Å²) in [6.07, 6.45) is 18.8. The molecule has 270 valence electrons. The standard InChI is InChI=1S/C40H76O4P2/c1-37(2,3)27-21-23-35(31(25-27)39(7,8)9)43-45-41-33-19-15-13-17-29(33)30-18-14-16-20-34(30)42-46-44-36-24-22-28(38(4,5)6)26-32(36)40(10,11)12/h27-36,45-46H,13-26H2,1-12H3. The molecule has 0 aromatic rings. The van der Waals surface area contributed by atoms with Crippen LogP contribution in [0.4, 0.5) is 0 Å². The van der Waals surface area contributed by atoms with Crippen molar-refractivity contribution in [2.75, 3.05) is 0 Å². The van der Waals surface area contributed by atoms with Gasteiger partial charge in [0, 0.05) is 0 Å². The van der Waals surface area contributed by atoms with Crippen molar-refractivity contribution in [3.8, 4) is 0 Å². The lowest BCUT2D eigenvalue weighted by atomic mass is 9.62. The second-order valence-corrected chi connectivity index (χ2v) is 21.7. The third-order valence-corrected chi connectivity index (χ3v) is 14.7. The lowest BCUT2D eigenvalue weighted by molar-refractivity contribution is -0.0375. The number of rotatable bonds is 9. The van der Waals surface area contributed by atoms with E-state index in [2.05, 4.69) is 83.1 Å². The van der Waals surface area contributed by atoms with Crippen LogP contribution in [0.1, 0.15) is 173 Å². The van der Waals surface area contributed by atoms with Gasteiger partial charge in [0.25, 0.3) is 0 Å². The highest BCUT2D eigenvalue weighted by Crippen LogP contribution is 2.51. The monoisotopic (exact) mass is 683 g/mol. The third kappa shape index (κ3) is 10.8. The van der Waals surface area contributed by atoms with Crippen LogP contribution in [0.5, 0.6) is 0 Å². The Balaban J connectivity index is 1.32. The van der Waals surface area contributed by atoms with Gasteiger partial charge in [-0.1, -0.05) is 109 Å². The highest BCUT2D eigenvalue weighted by molar-refractivity contribution is 7.26. The van der Waals surface area contributed by atoms with Crippen molar-refractivity contribution < 1.29 is 18.1 Å². The molecular weight excluding hydrogens is 606 g/mol. The maximum atomic E-state index is 6.76. The summed E-state index contributed by atoms with van der Waals surface area (Å²) >= 11 is 0. The average molecular weight is 683 g/mol. The Morgan fingerprint density at radius 1 is 0.370 bits per heavy atom. The van der Waals surface area contributed by atoms with E-state index in [-0.39, 0.29) is 28.9 Å². The molecular formula is C40H76O4P2. The second kappa shape index (κ2) is 16.4. The van der Waals surface area contributed by atoms with Crippen molar-refractivity contribution in [1.29, 1.82) is 0 Å². The van der Waals surface area contributed by atoms with Gasteiger partial charge in [-0.3, -0.25) is 0 Å². The van der Waals surface area contributed by atoms with E-state index in [0.29, 0.717) is 58.9 Å². The van der Waals surface area contributed by atoms with Crippen LogP contribution in [-0.4, -0.2) is 24.4 Å². The van der Waals surface area contributed by atoms with E-state index in [9.17, 15) is 0 Å². The van der Waals surface area contributed by atoms with Gasteiger partial charge in [-0.25, -0.2) is 0 Å². The van der Waals surface area contributed by atoms with Crippen molar-refractivity contribution in [3.63, 3.8) is 0 Å². The van der Waals surface area contributed by atoms with E-state index >= 15 is 0 Å². The van der Waals surface area contributed by atoms with Gasteiger partial charge < -0.3 is 18.1 Å². The predicted molar refractivity (Wildman–Crippen MR) is 200 cm³/mol. The van der Waals surface area contributed by atoms with E-state index < -0.39 is 0 Å². The zero-order valence-corrected chi connectivity index (χ0v) is 34.3. The Kier molecular flexibility index (Phi) is 14.0. The Morgan fingerprint density at radius 3 is 1.02 bits per heavy atom. The minimum Gasteiger partial charge on any atom is -0.333 e. The summed E-state index contributed by atoms with van der Waals surface area (Å²) in [5.41, 5.74) is 1.24. The lowest BCUT2D eigenvalue weighted by Gasteiger charge is -2.47. The fourth-order valence-electron chi connectivity index (χ4n) is 9.79. The molecule has 4 aliphatic rings. The molecule has 0 radical (unpaired) electrons. The first-order chi connectivity index (χ1) is 21.4. The molecule has 0 aromatic heterocycles. The molecule has 46 heavy (non-hydrogen) atoms. The summed E-state index contributed by atoms with van der Waals surface area (Å²) < 4.78 is 26.9. The van der Waals surface area contributed by atoms with E-state index in [1.807, 2.05) is 0 Å². The summed E-state index contributed by atoms with van der Waals surface area (Å²) in [5, 5.41) is 0. The summed E-state index contributed by atoms with van der Waals surface area (Å²) in [4.78, 5) is 0. The quantitative estimate of drug-likeness (QED) is 0.227. The first-order valence-electron chi connectivity index (χ1n) is 19.5. The predicted octanol–water partition coefficient (Wildman–Crippen LogP) is 12.9. The van der Waals surface area contributed by atoms with Crippen LogP contribution in [0, 0.1) is 57.2 Å². The van der Waals surface area contributed by atoms with Crippen molar-refractivity contribution in [2.45, 2.75) is 197 Å². The maximum absolute atomic E-state index is 6.76. The number of hydrogen-bond acceptors (Lipinski definition) is 4. The minimum atomic E-state index is 0.155. The van der Waals surface area contributed by atoms with Gasteiger partial charge in [0.2, 0.25) is 0 Å². The Hall–Kier alpha value is 0.700. The van der Waals surface area contributed by atoms with Gasteiger partial charge >= 0.3 is 0 Å². The summed E-state index contributed by atoms with van der Waals surface area (Å²) in [6.45, 7) is 29.0. The Morgan fingerprint density at radius 2 is 0.696 bits per heavy atom. The largest absolute Gasteiger partial charge is 0.333 e. The first-order valence-corrected chi connectivity index (χ1v) is 21.1. The molecule has 0 aliphatic heterocycles. The molecule has 4 aliphatic carbocycles. The van der Waals surface area contributed by atoms with Crippen LogP contribution < -0.4 is 0 Å². The van der Waals surface area contributed by atoms with Crippen LogP contribution in [0.15, 0.2) is 0 Å². The highest BCUT2D eigenvalue weighted by atomic mass is 31.1. The summed E-state index contributed by atoms with van der Waals surface area (Å²) in [7, 11) is 0.310. The first kappa shape index (κ1) is 39.5. The SMILES string of the molecule is CC(C)(C)C1CCC(OPOC2CCCCC2C2CCCCC2OPOC2CCC(C(C)(C)C)CC2C(C)(C)C)C(C(C)(C)C)C1. The molecule has 0 saturated heterocycles. The molecule has 6 heteroatoms. The zero-order chi connectivity index (χ0) is 33.9. The van der Waals surface area contributed by atoms with Gasteiger partial charge in [0.1, 0.15) is 0 Å². The van der Waals surface area contributed by atoms with Crippen LogP contribution in [0.25, 0.3) is 0 Å². The van der Waals surface area contributed by atoms with Gasteiger partial charge in [0.15, 0.2) is 18.1 Å². The van der Waals surface area contributed by atoms with Gasteiger partial charge in [-0.05, 0) is 121 Å². The lowest BCUT2D eigenvalue weighted by Crippen LogP contribution is -2.42. The van der Waals surface area contributed by atoms with Crippen LogP contribution >= 0.6 is 18.1 Å². The molecule has 0 N–H and O–H groups in total. The maximum Gasteiger partial charge on any atom is 0.155 e. The van der Waals surface area contributed by atoms with E-state index in [0.717, 1.165) is 11.8 Å². The molecule has 0 amide bonds. The van der Waals surface area contributed by atoms with Crippen LogP contribution in [0.2, 0.25) is 0 Å². The second-order valence-electron chi connectivity index (χ2n) is 20.4. The molecule has 4 saturated carbocycles. The van der Waals surface area contributed by atoms with E-state index in [4.69, 9.17) is 18.1 Å². The average Bonchev–Trinajstić information content (AvgIpc) is 2.96. The van der Waals surface area contributed by atoms with Crippen LogP contribution in [-0.2, 0) is 18.1 Å². The van der Waals surface area contributed by atoms with Crippen molar-refractivity contribution in [1.82, 2.24) is 0 Å². The Bertz CT molecular complexity index is 838. The van der Waals surface area contributed by atoms with Crippen molar-refractivity contribution in [2.24, 2.45) is 57.2 Å². The molecule has 4 rings (SSSR count). The van der Waals surface area contributed by atoms with Gasteiger partial charge in [-0.2, -0.15) is 0 Å². The van der Waals surface area contributed by atoms with Crippen molar-refractivity contribution in [3.05, 3.63) is 0 Å². The molecule has 4 nitrogen and oxygen atoms in total. The molecule has 0 spiro atoms. The molecule has 0 bridgehead atoms. The molecule has 12 atom stereocenters. The normalized spacial score (nSPS) is 37.8. The number of hydrogen-bond donors (Lipinski definition) is 0. The fourth-order valence-corrected chi connectivity index (χ4v) is 11.5. The highest BCUT2D eigenvalue weighted by Gasteiger charge is 2.44. The zero-order valence-electron chi connectivity index (χ0n) is 32.3. The smallest absolute Gasteiger partial charge is 0.155 e. The summed E-state index contributed by atoms with van der Waals surface area (Å²) in [6, 6.07) is 0. The fraction of sp³-hybridized carbons (Fsp3) is 1.00. The summed E-state index contributed by atoms with van der Waals surface area (Å²) in [5.74, 6) is 3.88. The molecule has 12 unspecified atom stereocenters. The molecule has 4 fully saturated rings. The van der Waals surface area contributed by atoms with Gasteiger partial charge in [0.05, 0.1) is 24.4 Å².